The molecular formula is C8H7ClO4S. The van der Waals surface area contributed by atoms with Gasteiger partial charge in [0.25, 0.3) is 10.1 Å². The molecule has 1 rings (SSSR count). The summed E-state index contributed by atoms with van der Waals surface area (Å²) < 4.78 is 26.7. The van der Waals surface area contributed by atoms with Crippen LogP contribution in [0.3, 0.4) is 0 Å². The lowest BCUT2D eigenvalue weighted by Crippen LogP contribution is -2.03. The van der Waals surface area contributed by atoms with E-state index >= 15 is 0 Å². The Hall–Kier alpha value is -0.910. The highest BCUT2D eigenvalue weighted by Crippen LogP contribution is 2.19. The van der Waals surface area contributed by atoms with Gasteiger partial charge in [-0.1, -0.05) is 11.6 Å². The summed E-state index contributed by atoms with van der Waals surface area (Å²) in [6, 6.07) is 3.76. The van der Waals surface area contributed by atoms with Gasteiger partial charge in [0.2, 0.25) is 0 Å². The van der Waals surface area contributed by atoms with E-state index in [1.54, 1.807) is 0 Å². The number of carbonyl (C=O) groups excluding carboxylic acids is 1. The second kappa shape index (κ2) is 4.08. The Morgan fingerprint density at radius 2 is 2.07 bits per heavy atom. The van der Waals surface area contributed by atoms with Gasteiger partial charge in [-0.2, -0.15) is 8.42 Å². The van der Waals surface area contributed by atoms with Crippen molar-refractivity contribution in [3.63, 3.8) is 0 Å². The first kappa shape index (κ1) is 11.2. The van der Waals surface area contributed by atoms with Crippen LogP contribution in [-0.2, 0) is 14.3 Å². The second-order valence-corrected chi connectivity index (χ2v) is 4.54. The van der Waals surface area contributed by atoms with Gasteiger partial charge in [-0.15, -0.1) is 0 Å². The fraction of sp³-hybridized carbons (Fsp3) is 0.125. The summed E-state index contributed by atoms with van der Waals surface area (Å²) in [5.41, 5.74) is 0.116. The van der Waals surface area contributed by atoms with E-state index in [2.05, 4.69) is 4.18 Å². The third kappa shape index (κ3) is 2.12. The third-order valence-corrected chi connectivity index (χ3v) is 3.22. The Balaban J connectivity index is 3.33. The third-order valence-electron chi connectivity index (χ3n) is 1.60. The normalized spacial score (nSPS) is 11.3. The molecule has 1 aromatic carbocycles. The molecule has 0 bridgehead atoms. The fourth-order valence-corrected chi connectivity index (χ4v) is 1.72. The maximum atomic E-state index is 11.2. The van der Waals surface area contributed by atoms with Crippen LogP contribution in [0.15, 0.2) is 23.1 Å². The lowest BCUT2D eigenvalue weighted by Gasteiger charge is -2.02. The minimum atomic E-state index is -3.77. The summed E-state index contributed by atoms with van der Waals surface area (Å²) in [6.45, 7) is 0. The average molecular weight is 235 g/mol. The van der Waals surface area contributed by atoms with E-state index in [0.29, 0.717) is 6.29 Å². The Morgan fingerprint density at radius 3 is 2.57 bits per heavy atom. The number of benzene rings is 1. The molecule has 76 valence electrons. The van der Waals surface area contributed by atoms with Crippen molar-refractivity contribution < 1.29 is 17.4 Å². The molecule has 0 radical (unpaired) electrons. The van der Waals surface area contributed by atoms with E-state index in [-0.39, 0.29) is 15.5 Å². The molecule has 6 heteroatoms. The summed E-state index contributed by atoms with van der Waals surface area (Å²) in [5, 5.41) is 0.204. The van der Waals surface area contributed by atoms with Crippen LogP contribution in [0.25, 0.3) is 0 Å². The van der Waals surface area contributed by atoms with Crippen molar-refractivity contribution >= 4 is 28.0 Å². The summed E-state index contributed by atoms with van der Waals surface area (Å²) in [5.74, 6) is 0. The van der Waals surface area contributed by atoms with Gasteiger partial charge < -0.3 is 0 Å². The van der Waals surface area contributed by atoms with Crippen molar-refractivity contribution in [2.75, 3.05) is 7.11 Å². The summed E-state index contributed by atoms with van der Waals surface area (Å²) >= 11 is 5.62. The molecule has 0 atom stereocenters. The number of halogens is 1. The highest BCUT2D eigenvalue weighted by atomic mass is 35.5. The number of rotatable bonds is 3. The molecule has 0 aliphatic heterocycles. The molecule has 0 saturated carbocycles. The molecule has 0 fully saturated rings. The fourth-order valence-electron chi connectivity index (χ4n) is 0.864. The monoisotopic (exact) mass is 234 g/mol. The van der Waals surface area contributed by atoms with Crippen LogP contribution >= 0.6 is 11.6 Å². The van der Waals surface area contributed by atoms with Gasteiger partial charge in [0, 0.05) is 5.56 Å². The second-order valence-electron chi connectivity index (χ2n) is 2.42. The van der Waals surface area contributed by atoms with Gasteiger partial charge in [-0.05, 0) is 18.2 Å². The van der Waals surface area contributed by atoms with Gasteiger partial charge in [0.05, 0.1) is 17.0 Å². The first-order valence-electron chi connectivity index (χ1n) is 3.56. The van der Waals surface area contributed by atoms with E-state index in [9.17, 15) is 13.2 Å². The van der Waals surface area contributed by atoms with Gasteiger partial charge in [-0.3, -0.25) is 8.98 Å². The molecule has 0 amide bonds. The van der Waals surface area contributed by atoms with Crippen molar-refractivity contribution in [1.29, 1.82) is 0 Å². The number of carbonyl (C=O) groups is 1. The lowest BCUT2D eigenvalue weighted by atomic mass is 10.2. The highest BCUT2D eigenvalue weighted by Gasteiger charge is 2.14. The first-order chi connectivity index (χ1) is 6.51. The van der Waals surface area contributed by atoms with Gasteiger partial charge >= 0.3 is 0 Å². The largest absolute Gasteiger partial charge is 0.298 e. The van der Waals surface area contributed by atoms with E-state index in [4.69, 9.17) is 11.6 Å². The highest BCUT2D eigenvalue weighted by molar-refractivity contribution is 7.86. The van der Waals surface area contributed by atoms with E-state index < -0.39 is 10.1 Å². The van der Waals surface area contributed by atoms with Crippen molar-refractivity contribution in [2.45, 2.75) is 4.90 Å². The standard InChI is InChI=1S/C8H7ClO4S/c1-13-14(11,12)7-2-3-8(9)6(4-7)5-10/h2-5H,1H3. The molecule has 0 aliphatic carbocycles. The zero-order valence-electron chi connectivity index (χ0n) is 7.23. The number of aldehydes is 1. The summed E-state index contributed by atoms with van der Waals surface area (Å²) in [7, 11) is -2.72. The summed E-state index contributed by atoms with van der Waals surface area (Å²) in [6.07, 6.45) is 0.483. The molecule has 0 saturated heterocycles. The molecule has 0 aliphatic rings. The Kier molecular flexibility index (Phi) is 3.25. The Bertz CT molecular complexity index is 452. The summed E-state index contributed by atoms with van der Waals surface area (Å²) in [4.78, 5) is 10.4. The molecule has 0 unspecified atom stereocenters. The molecule has 14 heavy (non-hydrogen) atoms. The zero-order chi connectivity index (χ0) is 10.8. The van der Waals surface area contributed by atoms with Gasteiger partial charge in [0.15, 0.2) is 6.29 Å². The number of hydrogen-bond donors (Lipinski definition) is 0. The van der Waals surface area contributed by atoms with Crippen LogP contribution in [0.2, 0.25) is 5.02 Å². The van der Waals surface area contributed by atoms with Crippen molar-refractivity contribution in [1.82, 2.24) is 0 Å². The Labute approximate surface area is 86.6 Å². The van der Waals surface area contributed by atoms with Crippen molar-refractivity contribution in [3.05, 3.63) is 28.8 Å². The molecule has 0 aromatic heterocycles. The molecule has 0 N–H and O–H groups in total. The minimum absolute atomic E-state index is 0.0912. The van der Waals surface area contributed by atoms with Gasteiger partial charge in [0.1, 0.15) is 0 Å². The van der Waals surface area contributed by atoms with E-state index in [1.807, 2.05) is 0 Å². The quantitative estimate of drug-likeness (QED) is 0.587. The zero-order valence-corrected chi connectivity index (χ0v) is 8.80. The smallest absolute Gasteiger partial charge is 0.296 e. The van der Waals surface area contributed by atoms with E-state index in [1.165, 1.54) is 12.1 Å². The maximum Gasteiger partial charge on any atom is 0.296 e. The predicted molar refractivity (Wildman–Crippen MR) is 51.0 cm³/mol. The molecule has 4 nitrogen and oxygen atoms in total. The van der Waals surface area contributed by atoms with Crippen LogP contribution < -0.4 is 0 Å². The minimum Gasteiger partial charge on any atom is -0.298 e. The predicted octanol–water partition coefficient (Wildman–Crippen LogP) is 1.49. The number of hydrogen-bond acceptors (Lipinski definition) is 4. The molecular weight excluding hydrogens is 228 g/mol. The lowest BCUT2D eigenvalue weighted by molar-refractivity contribution is 0.112. The Morgan fingerprint density at radius 1 is 1.43 bits per heavy atom. The SMILES string of the molecule is COS(=O)(=O)c1ccc(Cl)c(C=O)c1. The van der Waals surface area contributed by atoms with Crippen LogP contribution in [0.4, 0.5) is 0 Å². The molecule has 0 heterocycles. The average Bonchev–Trinajstić information content (AvgIpc) is 2.18. The topological polar surface area (TPSA) is 60.4 Å². The van der Waals surface area contributed by atoms with Gasteiger partial charge in [-0.25, -0.2) is 0 Å². The van der Waals surface area contributed by atoms with Crippen LogP contribution in [0, 0.1) is 0 Å². The first-order valence-corrected chi connectivity index (χ1v) is 5.35. The molecule has 0 spiro atoms. The molecule has 1 aromatic rings. The van der Waals surface area contributed by atoms with Crippen LogP contribution in [-0.4, -0.2) is 21.8 Å². The van der Waals surface area contributed by atoms with Crippen molar-refractivity contribution in [2.24, 2.45) is 0 Å². The van der Waals surface area contributed by atoms with Crippen LogP contribution in [0.5, 0.6) is 0 Å². The van der Waals surface area contributed by atoms with E-state index in [0.717, 1.165) is 13.2 Å². The maximum absolute atomic E-state index is 11.2. The van der Waals surface area contributed by atoms with Crippen molar-refractivity contribution in [3.8, 4) is 0 Å². The van der Waals surface area contributed by atoms with Crippen LogP contribution in [0.1, 0.15) is 10.4 Å².